The summed E-state index contributed by atoms with van der Waals surface area (Å²) >= 11 is 0. The first-order chi connectivity index (χ1) is 7.56. The van der Waals surface area contributed by atoms with Gasteiger partial charge in [-0.05, 0) is 18.9 Å². The molecular weight excluding hydrogens is 204 g/mol. The van der Waals surface area contributed by atoms with Crippen LogP contribution in [0.25, 0.3) is 0 Å². The van der Waals surface area contributed by atoms with Crippen LogP contribution < -0.4 is 11.1 Å². The fraction of sp³-hybridized carbons (Fsp3) is 0.636. The average Bonchev–Trinajstić information content (AvgIpc) is 2.63. The maximum absolute atomic E-state index is 11.9. The number of aromatic nitrogens is 2. The molecule has 1 atom stereocenters. The lowest BCUT2D eigenvalue weighted by Gasteiger charge is -2.21. The number of amides is 1. The van der Waals surface area contributed by atoms with Gasteiger partial charge in [0.25, 0.3) is 5.91 Å². The Hall–Kier alpha value is -1.36. The molecule has 5 nitrogen and oxygen atoms in total. The van der Waals surface area contributed by atoms with Gasteiger partial charge < -0.3 is 15.6 Å². The molecule has 5 heteroatoms. The maximum atomic E-state index is 11.9. The molecule has 1 aromatic rings. The zero-order chi connectivity index (χ0) is 12.1. The van der Waals surface area contributed by atoms with Gasteiger partial charge in [-0.25, -0.2) is 4.98 Å². The van der Waals surface area contributed by atoms with Crippen LogP contribution in [0.2, 0.25) is 0 Å². The maximum Gasteiger partial charge on any atom is 0.269 e. The van der Waals surface area contributed by atoms with E-state index in [1.165, 1.54) is 0 Å². The van der Waals surface area contributed by atoms with Gasteiger partial charge in [0.2, 0.25) is 0 Å². The third-order valence-corrected chi connectivity index (χ3v) is 2.65. The normalized spacial score (nSPS) is 12.8. The summed E-state index contributed by atoms with van der Waals surface area (Å²) in [4.78, 5) is 15.8. The van der Waals surface area contributed by atoms with Crippen molar-refractivity contribution >= 4 is 5.91 Å². The van der Waals surface area contributed by atoms with Crippen LogP contribution in [0.15, 0.2) is 12.5 Å². The van der Waals surface area contributed by atoms with E-state index in [1.807, 2.05) is 0 Å². The van der Waals surface area contributed by atoms with Crippen LogP contribution in [0.4, 0.5) is 0 Å². The summed E-state index contributed by atoms with van der Waals surface area (Å²) in [6, 6.07) is 0.118. The summed E-state index contributed by atoms with van der Waals surface area (Å²) in [7, 11) is 1.80. The van der Waals surface area contributed by atoms with Crippen LogP contribution in [0.5, 0.6) is 0 Å². The zero-order valence-corrected chi connectivity index (χ0v) is 10.1. The van der Waals surface area contributed by atoms with Crippen molar-refractivity contribution in [3.8, 4) is 0 Å². The molecule has 1 aromatic heterocycles. The molecule has 0 fully saturated rings. The first-order valence-electron chi connectivity index (χ1n) is 5.53. The molecule has 0 aromatic carbocycles. The summed E-state index contributed by atoms with van der Waals surface area (Å²) in [5.74, 6) is 0.285. The highest BCUT2D eigenvalue weighted by molar-refractivity contribution is 5.92. The van der Waals surface area contributed by atoms with Crippen molar-refractivity contribution in [1.82, 2.24) is 14.9 Å². The van der Waals surface area contributed by atoms with Crippen molar-refractivity contribution in [3.05, 3.63) is 18.2 Å². The lowest BCUT2D eigenvalue weighted by molar-refractivity contribution is 0.0915. The standard InChI is InChI=1S/C11H20N4O/c1-8(2)9(4-5-12)14-11(16)10-6-13-7-15(10)3/h6-9H,4-5,12H2,1-3H3,(H,14,16). The van der Waals surface area contributed by atoms with Crippen LogP contribution >= 0.6 is 0 Å². The largest absolute Gasteiger partial charge is 0.348 e. The van der Waals surface area contributed by atoms with Gasteiger partial charge in [-0.15, -0.1) is 0 Å². The molecular formula is C11H20N4O. The highest BCUT2D eigenvalue weighted by Gasteiger charge is 2.17. The van der Waals surface area contributed by atoms with Gasteiger partial charge in [0.15, 0.2) is 0 Å². The van der Waals surface area contributed by atoms with Gasteiger partial charge in [-0.3, -0.25) is 4.79 Å². The van der Waals surface area contributed by atoms with E-state index in [-0.39, 0.29) is 11.9 Å². The van der Waals surface area contributed by atoms with Gasteiger partial charge in [-0.2, -0.15) is 0 Å². The van der Waals surface area contributed by atoms with Crippen LogP contribution in [0, 0.1) is 5.92 Å². The Morgan fingerprint density at radius 2 is 2.31 bits per heavy atom. The van der Waals surface area contributed by atoms with Crippen LogP contribution in [0.3, 0.4) is 0 Å². The smallest absolute Gasteiger partial charge is 0.269 e. The Labute approximate surface area is 96.0 Å². The number of nitrogens with one attached hydrogen (secondary N) is 1. The van der Waals surface area contributed by atoms with E-state index in [9.17, 15) is 4.79 Å². The Morgan fingerprint density at radius 3 is 2.75 bits per heavy atom. The van der Waals surface area contributed by atoms with Gasteiger partial charge in [-0.1, -0.05) is 13.8 Å². The zero-order valence-electron chi connectivity index (χ0n) is 10.1. The molecule has 0 spiro atoms. The third-order valence-electron chi connectivity index (χ3n) is 2.65. The van der Waals surface area contributed by atoms with Gasteiger partial charge in [0, 0.05) is 13.1 Å². The molecule has 0 aliphatic heterocycles. The minimum atomic E-state index is -0.0906. The van der Waals surface area contributed by atoms with E-state index in [2.05, 4.69) is 24.1 Å². The monoisotopic (exact) mass is 224 g/mol. The van der Waals surface area contributed by atoms with E-state index in [0.29, 0.717) is 18.2 Å². The quantitative estimate of drug-likeness (QED) is 0.766. The molecule has 1 rings (SSSR count). The average molecular weight is 224 g/mol. The number of rotatable bonds is 5. The number of carbonyl (C=O) groups is 1. The Bertz CT molecular complexity index is 346. The van der Waals surface area contributed by atoms with Crippen LogP contribution in [-0.2, 0) is 7.05 Å². The molecule has 1 heterocycles. The molecule has 0 bridgehead atoms. The lowest BCUT2D eigenvalue weighted by Crippen LogP contribution is -2.40. The Kier molecular flexibility index (Phi) is 4.49. The number of nitrogens with zero attached hydrogens (tertiary/aromatic N) is 2. The van der Waals surface area contributed by atoms with E-state index < -0.39 is 0 Å². The molecule has 0 aliphatic carbocycles. The van der Waals surface area contributed by atoms with Gasteiger partial charge in [0.1, 0.15) is 5.69 Å². The summed E-state index contributed by atoms with van der Waals surface area (Å²) in [5, 5.41) is 2.98. The SMILES string of the molecule is CC(C)C(CCN)NC(=O)c1cncn1C. The van der Waals surface area contributed by atoms with E-state index >= 15 is 0 Å². The summed E-state index contributed by atoms with van der Waals surface area (Å²) in [6.07, 6.45) is 3.97. The minimum Gasteiger partial charge on any atom is -0.348 e. The minimum absolute atomic E-state index is 0.0906. The predicted octanol–water partition coefficient (Wildman–Crippen LogP) is 0.523. The first-order valence-corrected chi connectivity index (χ1v) is 5.53. The van der Waals surface area contributed by atoms with E-state index in [1.54, 1.807) is 24.1 Å². The van der Waals surface area contributed by atoms with Crippen molar-refractivity contribution in [2.75, 3.05) is 6.54 Å². The fourth-order valence-corrected chi connectivity index (χ4v) is 1.57. The van der Waals surface area contributed by atoms with Crippen molar-refractivity contribution in [2.45, 2.75) is 26.3 Å². The van der Waals surface area contributed by atoms with Crippen molar-refractivity contribution < 1.29 is 4.79 Å². The highest BCUT2D eigenvalue weighted by Crippen LogP contribution is 2.06. The Morgan fingerprint density at radius 1 is 1.62 bits per heavy atom. The molecule has 90 valence electrons. The predicted molar refractivity (Wildman–Crippen MR) is 63.0 cm³/mol. The number of nitrogens with two attached hydrogens (primary N) is 1. The topological polar surface area (TPSA) is 72.9 Å². The summed E-state index contributed by atoms with van der Waals surface area (Å²) in [5.41, 5.74) is 6.09. The van der Waals surface area contributed by atoms with Crippen LogP contribution in [-0.4, -0.2) is 28.0 Å². The lowest BCUT2D eigenvalue weighted by atomic mass is 10.0. The molecule has 1 unspecified atom stereocenters. The molecule has 0 aliphatic rings. The molecule has 1 amide bonds. The summed E-state index contributed by atoms with van der Waals surface area (Å²) in [6.45, 7) is 4.72. The van der Waals surface area contributed by atoms with E-state index in [0.717, 1.165) is 6.42 Å². The third kappa shape index (κ3) is 3.06. The van der Waals surface area contributed by atoms with Crippen molar-refractivity contribution in [1.29, 1.82) is 0 Å². The molecule has 16 heavy (non-hydrogen) atoms. The second-order valence-corrected chi connectivity index (χ2v) is 4.29. The summed E-state index contributed by atoms with van der Waals surface area (Å²) < 4.78 is 1.70. The number of hydrogen-bond acceptors (Lipinski definition) is 3. The number of hydrogen-bond donors (Lipinski definition) is 2. The van der Waals surface area contributed by atoms with Crippen molar-refractivity contribution in [2.24, 2.45) is 18.7 Å². The second kappa shape index (κ2) is 5.65. The molecule has 0 radical (unpaired) electrons. The second-order valence-electron chi connectivity index (χ2n) is 4.29. The first kappa shape index (κ1) is 12.7. The Balaban J connectivity index is 2.65. The number of carbonyl (C=O) groups excluding carboxylic acids is 1. The van der Waals surface area contributed by atoms with Crippen molar-refractivity contribution in [3.63, 3.8) is 0 Å². The molecule has 0 saturated carbocycles. The van der Waals surface area contributed by atoms with Gasteiger partial charge in [0.05, 0.1) is 12.5 Å². The molecule has 0 saturated heterocycles. The molecule has 3 N–H and O–H groups in total. The fourth-order valence-electron chi connectivity index (χ4n) is 1.57. The van der Waals surface area contributed by atoms with Crippen LogP contribution in [0.1, 0.15) is 30.8 Å². The number of imidazole rings is 1. The van der Waals surface area contributed by atoms with Gasteiger partial charge >= 0.3 is 0 Å². The van der Waals surface area contributed by atoms with E-state index in [4.69, 9.17) is 5.73 Å². The highest BCUT2D eigenvalue weighted by atomic mass is 16.2. The number of aryl methyl sites for hydroxylation is 1.